The lowest BCUT2D eigenvalue weighted by atomic mass is 10.1. The van der Waals surface area contributed by atoms with Crippen LogP contribution in [0, 0.1) is 0 Å². The maximum Gasteiger partial charge on any atom is 0.337 e. The second-order valence-corrected chi connectivity index (χ2v) is 5.30. The molecular weight excluding hydrogens is 324 g/mol. The Balaban J connectivity index is 1.92. The largest absolute Gasteiger partial charge is 0.504 e. The first-order chi connectivity index (χ1) is 12.0. The van der Waals surface area contributed by atoms with Gasteiger partial charge in [-0.3, -0.25) is 4.79 Å². The van der Waals surface area contributed by atoms with E-state index in [-0.39, 0.29) is 22.9 Å². The number of esters is 1. The van der Waals surface area contributed by atoms with Crippen LogP contribution >= 0.6 is 0 Å². The molecule has 6 heteroatoms. The van der Waals surface area contributed by atoms with Gasteiger partial charge in [0, 0.05) is 0 Å². The molecule has 1 aliphatic heterocycles. The van der Waals surface area contributed by atoms with E-state index in [0.29, 0.717) is 29.2 Å². The molecule has 128 valence electrons. The molecular formula is C19H16O6. The standard InChI is InChI=1S/C19H16O6/c1-3-24-16-8-11(4-6-14(16)20)9-17-18(21)13-10-12(19(22)23-2)5-7-15(13)25-17/h4-10,20H,3H2,1-2H3/b17-9+. The summed E-state index contributed by atoms with van der Waals surface area (Å²) in [5.41, 5.74) is 1.23. The highest BCUT2D eigenvalue weighted by atomic mass is 16.5. The normalized spacial score (nSPS) is 14.2. The monoisotopic (exact) mass is 340 g/mol. The van der Waals surface area contributed by atoms with Gasteiger partial charge in [-0.25, -0.2) is 4.79 Å². The van der Waals surface area contributed by atoms with E-state index in [0.717, 1.165) is 0 Å². The van der Waals surface area contributed by atoms with E-state index >= 15 is 0 Å². The number of methoxy groups -OCH3 is 1. The zero-order valence-corrected chi connectivity index (χ0v) is 13.7. The minimum Gasteiger partial charge on any atom is -0.504 e. The molecule has 0 bridgehead atoms. The van der Waals surface area contributed by atoms with E-state index < -0.39 is 5.97 Å². The third-order valence-corrected chi connectivity index (χ3v) is 3.67. The Labute approximate surface area is 144 Å². The van der Waals surface area contributed by atoms with Gasteiger partial charge >= 0.3 is 5.97 Å². The highest BCUT2D eigenvalue weighted by Crippen LogP contribution is 2.34. The van der Waals surface area contributed by atoms with Crippen LogP contribution in [-0.2, 0) is 4.74 Å². The number of hydrogen-bond acceptors (Lipinski definition) is 6. The van der Waals surface area contributed by atoms with E-state index in [1.807, 2.05) is 6.92 Å². The van der Waals surface area contributed by atoms with E-state index in [1.165, 1.54) is 25.3 Å². The van der Waals surface area contributed by atoms with Gasteiger partial charge in [0.2, 0.25) is 5.78 Å². The van der Waals surface area contributed by atoms with Crippen LogP contribution in [0.1, 0.15) is 33.2 Å². The lowest BCUT2D eigenvalue weighted by Crippen LogP contribution is -2.03. The van der Waals surface area contributed by atoms with Crippen LogP contribution in [0.25, 0.3) is 6.08 Å². The number of ether oxygens (including phenoxy) is 3. The maximum absolute atomic E-state index is 12.5. The number of ketones is 1. The summed E-state index contributed by atoms with van der Waals surface area (Å²) in [6.07, 6.45) is 1.56. The van der Waals surface area contributed by atoms with Gasteiger partial charge < -0.3 is 19.3 Å². The molecule has 25 heavy (non-hydrogen) atoms. The Morgan fingerprint density at radius 3 is 2.76 bits per heavy atom. The predicted octanol–water partition coefficient (Wildman–Crippen LogP) is 3.19. The molecule has 0 aromatic heterocycles. The number of carbonyl (C=O) groups is 2. The minimum absolute atomic E-state index is 0.0219. The van der Waals surface area contributed by atoms with E-state index in [1.54, 1.807) is 24.3 Å². The first-order valence-corrected chi connectivity index (χ1v) is 7.66. The predicted molar refractivity (Wildman–Crippen MR) is 90.0 cm³/mol. The number of benzene rings is 2. The summed E-state index contributed by atoms with van der Waals surface area (Å²) in [5, 5.41) is 9.74. The van der Waals surface area contributed by atoms with Crippen molar-refractivity contribution in [2.24, 2.45) is 0 Å². The van der Waals surface area contributed by atoms with Crippen molar-refractivity contribution in [3.8, 4) is 17.2 Å². The second-order valence-electron chi connectivity index (χ2n) is 5.30. The van der Waals surface area contributed by atoms with Gasteiger partial charge in [-0.1, -0.05) is 6.07 Å². The van der Waals surface area contributed by atoms with Gasteiger partial charge in [0.1, 0.15) is 5.75 Å². The molecule has 1 aliphatic rings. The van der Waals surface area contributed by atoms with Crippen molar-refractivity contribution in [3.63, 3.8) is 0 Å². The van der Waals surface area contributed by atoms with Crippen LogP contribution in [-0.4, -0.2) is 30.6 Å². The number of allylic oxidation sites excluding steroid dienone is 1. The average molecular weight is 340 g/mol. The first kappa shape index (κ1) is 16.6. The molecule has 0 aliphatic carbocycles. The smallest absolute Gasteiger partial charge is 0.337 e. The molecule has 3 rings (SSSR count). The van der Waals surface area contributed by atoms with Crippen molar-refractivity contribution in [1.82, 2.24) is 0 Å². The summed E-state index contributed by atoms with van der Waals surface area (Å²) in [5.74, 6) is 0.0130. The molecule has 2 aromatic rings. The van der Waals surface area contributed by atoms with Crippen LogP contribution in [0.5, 0.6) is 17.2 Å². The maximum atomic E-state index is 12.5. The number of Topliss-reactive ketones (excluding diaryl/α,β-unsaturated/α-hetero) is 1. The van der Waals surface area contributed by atoms with Gasteiger partial charge in [-0.05, 0) is 48.9 Å². The quantitative estimate of drug-likeness (QED) is 0.680. The topological polar surface area (TPSA) is 82.1 Å². The molecule has 1 N–H and O–H groups in total. The summed E-state index contributed by atoms with van der Waals surface area (Å²) in [7, 11) is 1.28. The Kier molecular flexibility index (Phi) is 4.43. The average Bonchev–Trinajstić information content (AvgIpc) is 2.92. The van der Waals surface area contributed by atoms with Crippen LogP contribution in [0.2, 0.25) is 0 Å². The second kappa shape index (κ2) is 6.68. The van der Waals surface area contributed by atoms with Gasteiger partial charge in [0.25, 0.3) is 0 Å². The first-order valence-electron chi connectivity index (χ1n) is 7.66. The lowest BCUT2D eigenvalue weighted by molar-refractivity contribution is 0.0600. The SMILES string of the molecule is CCOc1cc(/C=C2/Oc3ccc(C(=O)OC)cc3C2=O)ccc1O. The van der Waals surface area contributed by atoms with Crippen LogP contribution in [0.3, 0.4) is 0 Å². The van der Waals surface area contributed by atoms with Crippen molar-refractivity contribution < 1.29 is 28.9 Å². The van der Waals surface area contributed by atoms with Crippen LogP contribution < -0.4 is 9.47 Å². The fraction of sp³-hybridized carbons (Fsp3) is 0.158. The molecule has 0 radical (unpaired) electrons. The molecule has 0 fully saturated rings. The molecule has 0 amide bonds. The molecule has 0 saturated heterocycles. The van der Waals surface area contributed by atoms with Crippen molar-refractivity contribution in [2.45, 2.75) is 6.92 Å². The number of phenols is 1. The molecule has 6 nitrogen and oxygen atoms in total. The highest BCUT2D eigenvalue weighted by molar-refractivity contribution is 6.15. The van der Waals surface area contributed by atoms with Gasteiger partial charge in [-0.15, -0.1) is 0 Å². The van der Waals surface area contributed by atoms with E-state index in [9.17, 15) is 14.7 Å². The number of phenolic OH excluding ortho intramolecular Hbond substituents is 1. The zero-order chi connectivity index (χ0) is 18.0. The fourth-order valence-electron chi connectivity index (χ4n) is 2.48. The van der Waals surface area contributed by atoms with Crippen molar-refractivity contribution >= 4 is 17.8 Å². The van der Waals surface area contributed by atoms with Crippen LogP contribution in [0.15, 0.2) is 42.2 Å². The Hall–Kier alpha value is -3.28. The Morgan fingerprint density at radius 1 is 1.24 bits per heavy atom. The lowest BCUT2D eigenvalue weighted by Gasteiger charge is -2.06. The highest BCUT2D eigenvalue weighted by Gasteiger charge is 2.28. The summed E-state index contributed by atoms with van der Waals surface area (Å²) < 4.78 is 15.6. The number of carbonyl (C=O) groups excluding carboxylic acids is 2. The summed E-state index contributed by atoms with van der Waals surface area (Å²) >= 11 is 0. The molecule has 0 unspecified atom stereocenters. The molecule has 0 atom stereocenters. The van der Waals surface area contributed by atoms with Crippen LogP contribution in [0.4, 0.5) is 0 Å². The number of rotatable bonds is 4. The third-order valence-electron chi connectivity index (χ3n) is 3.67. The van der Waals surface area contributed by atoms with E-state index in [4.69, 9.17) is 9.47 Å². The zero-order valence-electron chi connectivity index (χ0n) is 13.7. The van der Waals surface area contributed by atoms with Gasteiger partial charge in [0.05, 0.1) is 24.8 Å². The van der Waals surface area contributed by atoms with Crippen molar-refractivity contribution in [1.29, 1.82) is 0 Å². The molecule has 1 heterocycles. The fourth-order valence-corrected chi connectivity index (χ4v) is 2.48. The van der Waals surface area contributed by atoms with Gasteiger partial charge in [0.15, 0.2) is 17.3 Å². The summed E-state index contributed by atoms with van der Waals surface area (Å²) in [4.78, 5) is 24.1. The number of fused-ring (bicyclic) bond motifs is 1. The molecule has 2 aromatic carbocycles. The minimum atomic E-state index is -0.520. The van der Waals surface area contributed by atoms with Crippen molar-refractivity contribution in [2.75, 3.05) is 13.7 Å². The van der Waals surface area contributed by atoms with Gasteiger partial charge in [-0.2, -0.15) is 0 Å². The number of aromatic hydroxyl groups is 1. The third kappa shape index (κ3) is 3.19. The Bertz CT molecular complexity index is 881. The summed E-state index contributed by atoms with van der Waals surface area (Å²) in [6.45, 7) is 2.22. The molecule has 0 spiro atoms. The number of hydrogen-bond donors (Lipinski definition) is 1. The van der Waals surface area contributed by atoms with E-state index in [2.05, 4.69) is 4.74 Å². The molecule has 0 saturated carbocycles. The Morgan fingerprint density at radius 2 is 2.04 bits per heavy atom. The van der Waals surface area contributed by atoms with Crippen molar-refractivity contribution in [3.05, 3.63) is 58.8 Å². The summed E-state index contributed by atoms with van der Waals surface area (Å²) in [6, 6.07) is 9.29.